The molecular formula is C17H19N5O2. The predicted octanol–water partition coefficient (Wildman–Crippen LogP) is 2.52. The van der Waals surface area contributed by atoms with Gasteiger partial charge in [0.25, 0.3) is 0 Å². The Labute approximate surface area is 139 Å². The van der Waals surface area contributed by atoms with Crippen LogP contribution in [0.5, 0.6) is 5.75 Å². The zero-order valence-electron chi connectivity index (χ0n) is 13.3. The van der Waals surface area contributed by atoms with Gasteiger partial charge in [0, 0.05) is 17.6 Å². The van der Waals surface area contributed by atoms with Gasteiger partial charge in [-0.05, 0) is 42.3 Å². The van der Waals surface area contributed by atoms with Crippen molar-refractivity contribution in [3.05, 3.63) is 48.0 Å². The monoisotopic (exact) mass is 325 g/mol. The molecule has 7 nitrogen and oxygen atoms in total. The summed E-state index contributed by atoms with van der Waals surface area (Å²) < 4.78 is 5.18. The number of fused-ring (bicyclic) bond motifs is 1. The van der Waals surface area contributed by atoms with Gasteiger partial charge in [-0.25, -0.2) is 4.79 Å². The van der Waals surface area contributed by atoms with E-state index in [9.17, 15) is 4.79 Å². The van der Waals surface area contributed by atoms with Crippen LogP contribution < -0.4 is 21.1 Å². The summed E-state index contributed by atoms with van der Waals surface area (Å²) in [7, 11) is 1.63. The van der Waals surface area contributed by atoms with Gasteiger partial charge in [-0.1, -0.05) is 12.1 Å². The van der Waals surface area contributed by atoms with E-state index in [0.29, 0.717) is 18.1 Å². The Morgan fingerprint density at radius 1 is 1.29 bits per heavy atom. The molecule has 3 aromatic rings. The lowest BCUT2D eigenvalue weighted by Gasteiger charge is -2.08. The highest BCUT2D eigenvalue weighted by Crippen LogP contribution is 2.21. The number of aromatic nitrogens is 2. The quantitative estimate of drug-likeness (QED) is 0.578. The zero-order valence-corrected chi connectivity index (χ0v) is 13.3. The molecule has 2 amide bonds. The number of hydrogen-bond donors (Lipinski definition) is 4. The standard InChI is InChI=1S/C17H19N5O2/c1-24-13-4-2-3-11(9-13)7-8-19-17(23)20-12-5-6-15-14(10-12)16(18)22-21-15/h2-6,9-10H,7-8H2,1H3,(H3,18,21,22)(H2,19,20,23). The topological polar surface area (TPSA) is 105 Å². The SMILES string of the molecule is COc1cccc(CCNC(=O)Nc2ccc3[nH]nc(N)c3c2)c1. The number of nitrogens with one attached hydrogen (secondary N) is 3. The summed E-state index contributed by atoms with van der Waals surface area (Å²) in [6, 6.07) is 12.9. The van der Waals surface area contributed by atoms with Crippen molar-refractivity contribution in [2.45, 2.75) is 6.42 Å². The van der Waals surface area contributed by atoms with Crippen molar-refractivity contribution < 1.29 is 9.53 Å². The summed E-state index contributed by atoms with van der Waals surface area (Å²) >= 11 is 0. The first-order chi connectivity index (χ1) is 11.7. The molecule has 1 heterocycles. The molecule has 0 unspecified atom stereocenters. The van der Waals surface area contributed by atoms with Gasteiger partial charge >= 0.3 is 6.03 Å². The van der Waals surface area contributed by atoms with E-state index in [-0.39, 0.29) is 6.03 Å². The van der Waals surface area contributed by atoms with Crippen molar-refractivity contribution in [3.8, 4) is 5.75 Å². The highest BCUT2D eigenvalue weighted by atomic mass is 16.5. The molecule has 0 spiro atoms. The van der Waals surface area contributed by atoms with Gasteiger partial charge in [-0.15, -0.1) is 0 Å². The Bertz CT molecular complexity index is 859. The van der Waals surface area contributed by atoms with Crippen LogP contribution in [-0.4, -0.2) is 29.9 Å². The smallest absolute Gasteiger partial charge is 0.319 e. The number of ether oxygens (including phenoxy) is 1. The minimum Gasteiger partial charge on any atom is -0.497 e. The van der Waals surface area contributed by atoms with E-state index in [0.717, 1.165) is 28.6 Å². The van der Waals surface area contributed by atoms with Gasteiger partial charge < -0.3 is 21.1 Å². The van der Waals surface area contributed by atoms with Crippen LogP contribution in [0.25, 0.3) is 10.9 Å². The van der Waals surface area contributed by atoms with E-state index < -0.39 is 0 Å². The van der Waals surface area contributed by atoms with E-state index in [2.05, 4.69) is 20.8 Å². The van der Waals surface area contributed by atoms with Crippen molar-refractivity contribution in [2.75, 3.05) is 24.7 Å². The Hall–Kier alpha value is -3.22. The van der Waals surface area contributed by atoms with Gasteiger partial charge in [-0.3, -0.25) is 5.10 Å². The molecule has 0 bridgehead atoms. The van der Waals surface area contributed by atoms with Crippen molar-refractivity contribution in [2.24, 2.45) is 0 Å². The second-order valence-electron chi connectivity index (χ2n) is 5.35. The van der Waals surface area contributed by atoms with Crippen LogP contribution in [-0.2, 0) is 6.42 Å². The minimum absolute atomic E-state index is 0.265. The van der Waals surface area contributed by atoms with E-state index in [1.54, 1.807) is 19.2 Å². The highest BCUT2D eigenvalue weighted by molar-refractivity contribution is 5.95. The maximum Gasteiger partial charge on any atom is 0.319 e. The molecule has 2 aromatic carbocycles. The highest BCUT2D eigenvalue weighted by Gasteiger charge is 2.06. The van der Waals surface area contributed by atoms with Crippen LogP contribution in [0.3, 0.4) is 0 Å². The number of urea groups is 1. The number of H-pyrrole nitrogens is 1. The molecule has 0 saturated heterocycles. The normalized spacial score (nSPS) is 10.5. The number of carbonyl (C=O) groups is 1. The number of hydrogen-bond acceptors (Lipinski definition) is 4. The average Bonchev–Trinajstić information content (AvgIpc) is 2.96. The molecule has 24 heavy (non-hydrogen) atoms. The Morgan fingerprint density at radius 3 is 3.00 bits per heavy atom. The number of rotatable bonds is 5. The zero-order chi connectivity index (χ0) is 16.9. The first-order valence-corrected chi connectivity index (χ1v) is 7.57. The van der Waals surface area contributed by atoms with Crippen LogP contribution in [0.15, 0.2) is 42.5 Å². The molecule has 3 rings (SSSR count). The Morgan fingerprint density at radius 2 is 2.17 bits per heavy atom. The molecular weight excluding hydrogens is 306 g/mol. The maximum absolute atomic E-state index is 12.0. The molecule has 0 saturated carbocycles. The molecule has 124 valence electrons. The maximum atomic E-state index is 12.0. The fourth-order valence-electron chi connectivity index (χ4n) is 2.44. The molecule has 7 heteroatoms. The van der Waals surface area contributed by atoms with Crippen LogP contribution in [0.2, 0.25) is 0 Å². The number of amides is 2. The number of carbonyl (C=O) groups excluding carboxylic acids is 1. The van der Waals surface area contributed by atoms with Crippen molar-refractivity contribution >= 4 is 28.4 Å². The molecule has 0 radical (unpaired) electrons. The van der Waals surface area contributed by atoms with Gasteiger partial charge in [-0.2, -0.15) is 5.10 Å². The lowest BCUT2D eigenvalue weighted by atomic mass is 10.1. The summed E-state index contributed by atoms with van der Waals surface area (Å²) in [4.78, 5) is 12.0. The van der Waals surface area contributed by atoms with E-state index >= 15 is 0 Å². The molecule has 0 aliphatic carbocycles. The van der Waals surface area contributed by atoms with Gasteiger partial charge in [0.1, 0.15) is 5.75 Å². The molecule has 0 fully saturated rings. The third-order valence-electron chi connectivity index (χ3n) is 3.68. The lowest BCUT2D eigenvalue weighted by molar-refractivity contribution is 0.252. The summed E-state index contributed by atoms with van der Waals surface area (Å²) in [5.74, 6) is 1.22. The first kappa shape index (κ1) is 15.7. The lowest BCUT2D eigenvalue weighted by Crippen LogP contribution is -2.30. The van der Waals surface area contributed by atoms with E-state index in [1.807, 2.05) is 30.3 Å². The summed E-state index contributed by atoms with van der Waals surface area (Å²) in [5.41, 5.74) is 8.35. The molecule has 0 atom stereocenters. The van der Waals surface area contributed by atoms with Crippen molar-refractivity contribution in [3.63, 3.8) is 0 Å². The second kappa shape index (κ2) is 6.91. The molecule has 0 aliphatic heterocycles. The fourth-order valence-corrected chi connectivity index (χ4v) is 2.44. The largest absolute Gasteiger partial charge is 0.497 e. The van der Waals surface area contributed by atoms with Crippen LogP contribution in [0.1, 0.15) is 5.56 Å². The molecule has 0 aliphatic rings. The van der Waals surface area contributed by atoms with E-state index in [1.165, 1.54) is 0 Å². The third-order valence-corrected chi connectivity index (χ3v) is 3.68. The minimum atomic E-state index is -0.265. The van der Waals surface area contributed by atoms with Crippen LogP contribution in [0.4, 0.5) is 16.3 Å². The molecule has 1 aromatic heterocycles. The summed E-state index contributed by atoms with van der Waals surface area (Å²) in [5, 5.41) is 13.1. The summed E-state index contributed by atoms with van der Waals surface area (Å²) in [6.45, 7) is 0.523. The first-order valence-electron chi connectivity index (χ1n) is 7.57. The Balaban J connectivity index is 1.53. The van der Waals surface area contributed by atoms with Gasteiger partial charge in [0.05, 0.1) is 12.6 Å². The number of aromatic amines is 1. The van der Waals surface area contributed by atoms with Crippen LogP contribution in [0, 0.1) is 0 Å². The third kappa shape index (κ3) is 3.57. The van der Waals surface area contributed by atoms with E-state index in [4.69, 9.17) is 10.5 Å². The van der Waals surface area contributed by atoms with Gasteiger partial charge in [0.2, 0.25) is 0 Å². The number of nitrogens with zero attached hydrogens (tertiary/aromatic N) is 1. The predicted molar refractivity (Wildman–Crippen MR) is 94.2 cm³/mol. The number of benzene rings is 2. The number of anilines is 2. The van der Waals surface area contributed by atoms with Crippen molar-refractivity contribution in [1.82, 2.24) is 15.5 Å². The summed E-state index contributed by atoms with van der Waals surface area (Å²) in [6.07, 6.45) is 0.721. The number of nitrogen functional groups attached to an aromatic ring is 1. The number of nitrogens with two attached hydrogens (primary N) is 1. The van der Waals surface area contributed by atoms with Crippen LogP contribution >= 0.6 is 0 Å². The second-order valence-corrected chi connectivity index (χ2v) is 5.35. The van der Waals surface area contributed by atoms with Crippen molar-refractivity contribution in [1.29, 1.82) is 0 Å². The average molecular weight is 325 g/mol. The fraction of sp³-hybridized carbons (Fsp3) is 0.176. The van der Waals surface area contributed by atoms with Gasteiger partial charge in [0.15, 0.2) is 5.82 Å². The Kier molecular flexibility index (Phi) is 4.51. The molecule has 5 N–H and O–H groups in total. The number of methoxy groups -OCH3 is 1.